The number of Topliss-reactive ketones (excluding diaryl/α,β-unsaturated/α-hetero) is 1. The number of amidine groups is 1. The second-order valence-electron chi connectivity index (χ2n) is 10.7. The minimum Gasteiger partial charge on any atom is -0.542 e. The van der Waals surface area contributed by atoms with Crippen LogP contribution in [-0.2, 0) is 19.2 Å². The van der Waals surface area contributed by atoms with E-state index in [1.54, 1.807) is 6.20 Å². The Morgan fingerprint density at radius 2 is 1.55 bits per heavy atom. The number of nitrogens with one attached hydrogen (secondary N) is 2. The average Bonchev–Trinajstić information content (AvgIpc) is 3.48. The maximum atomic E-state index is 12.8. The Balaban J connectivity index is 0.000000459. The van der Waals surface area contributed by atoms with Crippen LogP contribution in [0.4, 0.5) is 26.3 Å². The second kappa shape index (κ2) is 17.5. The molecule has 12 nitrogen and oxygen atoms in total. The molecule has 3 heterocycles. The smallest absolute Gasteiger partial charge is 0.430 e. The third-order valence-electron chi connectivity index (χ3n) is 6.94. The number of likely N-dealkylation sites (tertiary alicyclic amines) is 1. The van der Waals surface area contributed by atoms with Crippen LogP contribution < -0.4 is 25.7 Å². The lowest BCUT2D eigenvalue weighted by molar-refractivity contribution is -0.927. The van der Waals surface area contributed by atoms with Crippen LogP contribution >= 0.6 is 0 Å². The van der Waals surface area contributed by atoms with Crippen molar-refractivity contribution in [2.45, 2.75) is 63.8 Å². The minimum atomic E-state index is -5.19. The molecule has 0 radical (unpaired) electrons. The van der Waals surface area contributed by atoms with Gasteiger partial charge in [-0.1, -0.05) is 31.9 Å². The molecule has 4 rings (SSSR count). The third-order valence-corrected chi connectivity index (χ3v) is 6.94. The van der Waals surface area contributed by atoms with Gasteiger partial charge in [0, 0.05) is 12.8 Å². The van der Waals surface area contributed by atoms with Gasteiger partial charge in [0.1, 0.15) is 35.4 Å². The monoisotopic (exact) mass is 676 g/mol. The number of rotatable bonds is 11. The lowest BCUT2D eigenvalue weighted by Crippen LogP contribution is -3.18. The molecule has 0 aliphatic carbocycles. The number of quaternary nitrogens is 2. The number of nitrogens with two attached hydrogens (primary N) is 1. The zero-order chi connectivity index (χ0) is 35.4. The Bertz CT molecular complexity index is 1450. The number of carboxylic acids is 2. The first-order chi connectivity index (χ1) is 21.9. The summed E-state index contributed by atoms with van der Waals surface area (Å²) in [6.45, 7) is 3.67. The normalized spacial score (nSPS) is 17.9. The Morgan fingerprint density at radius 3 is 2.09 bits per heavy atom. The van der Waals surface area contributed by atoms with E-state index in [1.807, 2.05) is 42.7 Å². The quantitative estimate of drug-likeness (QED) is 0.201. The molecular weight excluding hydrogens is 642 g/mol. The molecule has 0 bridgehead atoms. The molecule has 18 heteroatoms. The molecule has 0 spiro atoms. The molecule has 4 N–H and O–H groups in total. The van der Waals surface area contributed by atoms with E-state index in [9.17, 15) is 35.9 Å². The summed E-state index contributed by atoms with van der Waals surface area (Å²) >= 11 is 0. The van der Waals surface area contributed by atoms with Crippen molar-refractivity contribution in [1.29, 1.82) is 0 Å². The van der Waals surface area contributed by atoms with E-state index in [1.165, 1.54) is 4.90 Å². The Kier molecular flexibility index (Phi) is 14.4. The Hall–Kier alpha value is -4.45. The molecule has 1 saturated heterocycles. The summed E-state index contributed by atoms with van der Waals surface area (Å²) in [6.07, 6.45) is -1.94. The highest BCUT2D eigenvalue weighted by atomic mass is 19.4. The van der Waals surface area contributed by atoms with Gasteiger partial charge in [-0.15, -0.1) is 0 Å². The van der Waals surface area contributed by atoms with E-state index in [-0.39, 0.29) is 17.9 Å². The van der Waals surface area contributed by atoms with E-state index in [4.69, 9.17) is 24.8 Å². The number of nitrogens with zero attached hydrogens (tertiary/aromatic N) is 3. The summed E-state index contributed by atoms with van der Waals surface area (Å²) in [7, 11) is 2.11. The van der Waals surface area contributed by atoms with Crippen molar-refractivity contribution in [2.75, 3.05) is 20.1 Å². The molecule has 2 aliphatic heterocycles. The molecule has 258 valence electrons. The van der Waals surface area contributed by atoms with Crippen molar-refractivity contribution in [3.8, 4) is 0 Å². The average molecular weight is 677 g/mol. The predicted octanol–water partition coefficient (Wildman–Crippen LogP) is -0.940. The first-order valence-corrected chi connectivity index (χ1v) is 14.5. The van der Waals surface area contributed by atoms with Crippen LogP contribution in [-0.4, -0.2) is 78.0 Å². The second-order valence-corrected chi connectivity index (χ2v) is 10.7. The zero-order valence-electron chi connectivity index (χ0n) is 25.4. The number of aromatic nitrogens is 2. The number of unbranched alkanes of at least 4 members (excludes halogenated alkanes) is 2. The van der Waals surface area contributed by atoms with Gasteiger partial charge in [-0.3, -0.25) is 19.9 Å². The fourth-order valence-electron chi connectivity index (χ4n) is 4.38. The lowest BCUT2D eigenvalue weighted by atomic mass is 9.98. The number of para-hydroxylation sites is 2. The van der Waals surface area contributed by atoms with Crippen molar-refractivity contribution < 1.29 is 66.0 Å². The molecule has 2 aliphatic rings. The maximum absolute atomic E-state index is 12.8. The van der Waals surface area contributed by atoms with Crippen molar-refractivity contribution in [3.63, 3.8) is 0 Å². The molecule has 1 atom stereocenters. The Labute approximate surface area is 265 Å². The predicted molar refractivity (Wildman–Crippen MR) is 149 cm³/mol. The molecular formula is C29H34F6N6O6. The summed E-state index contributed by atoms with van der Waals surface area (Å²) in [5, 5.41) is 22.8. The number of benzene rings is 1. The van der Waals surface area contributed by atoms with Gasteiger partial charge in [0.2, 0.25) is 11.7 Å². The number of carbonyl (C=O) groups excluding carboxylic acids is 4. The minimum absolute atomic E-state index is 0.0791. The highest BCUT2D eigenvalue weighted by Crippen LogP contribution is 2.15. The highest BCUT2D eigenvalue weighted by molar-refractivity contribution is 5.91. The number of aliphatic imine (C=N–C) groups is 1. The summed E-state index contributed by atoms with van der Waals surface area (Å²) in [6, 6.07) is 7.66. The van der Waals surface area contributed by atoms with Gasteiger partial charge in [-0.25, -0.2) is 9.98 Å². The number of carbonyl (C=O) groups is 4. The topological polar surface area (TPSA) is 186 Å². The Morgan fingerprint density at radius 1 is 0.979 bits per heavy atom. The first-order valence-electron chi connectivity index (χ1n) is 14.5. The summed E-state index contributed by atoms with van der Waals surface area (Å²) in [4.78, 5) is 57.2. The number of carboxylic acid groups (broad SMARTS) is 2. The molecule has 1 aromatic carbocycles. The van der Waals surface area contributed by atoms with Crippen LogP contribution in [0.15, 0.2) is 41.7 Å². The molecule has 1 fully saturated rings. The number of ketones is 1. The summed E-state index contributed by atoms with van der Waals surface area (Å²) < 4.78 is 63.1. The number of amides is 1. The molecule has 2 aromatic rings. The molecule has 47 heavy (non-hydrogen) atoms. The van der Waals surface area contributed by atoms with Gasteiger partial charge in [0.25, 0.3) is 0 Å². The van der Waals surface area contributed by atoms with Crippen molar-refractivity contribution in [2.24, 2.45) is 10.9 Å². The third kappa shape index (κ3) is 13.1. The van der Waals surface area contributed by atoms with E-state index in [0.29, 0.717) is 18.6 Å². The number of aliphatic carboxylic acids is 2. The fourth-order valence-corrected chi connectivity index (χ4v) is 4.38. The van der Waals surface area contributed by atoms with Crippen LogP contribution in [0.5, 0.6) is 0 Å². The van der Waals surface area contributed by atoms with Gasteiger partial charge >= 0.3 is 12.4 Å². The van der Waals surface area contributed by atoms with Gasteiger partial charge in [-0.2, -0.15) is 26.3 Å². The van der Waals surface area contributed by atoms with Crippen molar-refractivity contribution >= 4 is 46.2 Å². The number of alkyl halides is 6. The van der Waals surface area contributed by atoms with Gasteiger partial charge in [0.05, 0.1) is 43.6 Å². The summed E-state index contributed by atoms with van der Waals surface area (Å²) in [5.41, 5.74) is 3.39. The van der Waals surface area contributed by atoms with E-state index < -0.39 is 24.3 Å². The standard InChI is InChI=1S/C25H32N6O2.2C2HF3O2/c1-3-18(32)9-5-4-6-12-21(30-25(33)17-15-31(2)16-17)24-27-14-23(29-24)22-13-26-19-10-7-8-11-20(19)28-22;2*3-2(4,5)1(6)7/h7-8,10-11,13-14,17,21H,3-6,9,12,15-16H2,1-2H3,(H,27,29)(H,30,33);2*(H,6,7)/t21-;;/m0../s1. The SMILES string of the molecule is CCC(=O)CCCCC[C@H](NC(=O)C1C[NH+](C)C1)C1=NC=C(c2cnc3ccccc3n2)[NH2+]1.O=C([O-])C(F)(F)F.O=C([O-])C(F)(F)F. The van der Waals surface area contributed by atoms with E-state index >= 15 is 0 Å². The van der Waals surface area contributed by atoms with Crippen molar-refractivity contribution in [3.05, 3.63) is 42.4 Å². The van der Waals surface area contributed by atoms with Gasteiger partial charge < -0.3 is 30.0 Å². The molecule has 1 aromatic heterocycles. The lowest BCUT2D eigenvalue weighted by Gasteiger charge is -2.32. The summed E-state index contributed by atoms with van der Waals surface area (Å²) in [5.74, 6) is -4.65. The molecule has 0 saturated carbocycles. The van der Waals surface area contributed by atoms with Crippen molar-refractivity contribution in [1.82, 2.24) is 15.3 Å². The van der Waals surface area contributed by atoms with Gasteiger partial charge in [0.15, 0.2) is 5.70 Å². The van der Waals surface area contributed by atoms with Crippen LogP contribution in [0.1, 0.15) is 51.1 Å². The molecule has 0 unspecified atom stereocenters. The van der Waals surface area contributed by atoms with Crippen LogP contribution in [0.25, 0.3) is 16.7 Å². The van der Waals surface area contributed by atoms with Crippen LogP contribution in [0, 0.1) is 5.92 Å². The van der Waals surface area contributed by atoms with Crippen LogP contribution in [0.2, 0.25) is 0 Å². The number of hydrogen-bond acceptors (Lipinski definition) is 9. The molecule has 1 amide bonds. The van der Waals surface area contributed by atoms with E-state index in [0.717, 1.165) is 67.0 Å². The number of fused-ring (bicyclic) bond motifs is 1. The zero-order valence-corrected chi connectivity index (χ0v) is 25.4. The van der Waals surface area contributed by atoms with Gasteiger partial charge in [-0.05, 0) is 25.0 Å². The maximum Gasteiger partial charge on any atom is 0.430 e. The van der Waals surface area contributed by atoms with Crippen LogP contribution in [0.3, 0.4) is 0 Å². The number of halogens is 6. The highest BCUT2D eigenvalue weighted by Gasteiger charge is 2.37. The fraction of sp³-hybridized carbons (Fsp3) is 0.483. The van der Waals surface area contributed by atoms with E-state index in [2.05, 4.69) is 22.3 Å². The largest absolute Gasteiger partial charge is 0.542 e. The number of hydrogen-bond donors (Lipinski definition) is 3. The first kappa shape index (κ1) is 38.7.